The smallest absolute Gasteiger partial charge is 0.257 e. The van der Waals surface area contributed by atoms with E-state index in [1.165, 1.54) is 0 Å². The number of rotatable bonds is 5. The molecule has 32 heavy (non-hydrogen) atoms. The van der Waals surface area contributed by atoms with E-state index in [0.29, 0.717) is 45.9 Å². The number of aromatic nitrogens is 3. The van der Waals surface area contributed by atoms with Gasteiger partial charge in [0.15, 0.2) is 5.65 Å². The Bertz CT molecular complexity index is 1450. The van der Waals surface area contributed by atoms with Crippen LogP contribution in [-0.2, 0) is 6.42 Å². The summed E-state index contributed by atoms with van der Waals surface area (Å²) in [5, 5.41) is 3.54. The highest BCUT2D eigenvalue weighted by Gasteiger charge is 2.24. The Labute approximate surface area is 189 Å². The van der Waals surface area contributed by atoms with E-state index in [-0.39, 0.29) is 11.7 Å². The topological polar surface area (TPSA) is 85.8 Å². The van der Waals surface area contributed by atoms with Crippen LogP contribution in [0.1, 0.15) is 15.9 Å². The van der Waals surface area contributed by atoms with Gasteiger partial charge < -0.3 is 11.1 Å². The van der Waals surface area contributed by atoms with Crippen molar-refractivity contribution in [2.24, 2.45) is 0 Å². The maximum atomic E-state index is 13.2. The van der Waals surface area contributed by atoms with Crippen LogP contribution in [0.15, 0.2) is 78.9 Å². The number of carbonyl (C=O) groups excluding carboxylic acids is 1. The lowest BCUT2D eigenvalue weighted by molar-refractivity contribution is 0.0956. The molecule has 158 valence electrons. The second kappa shape index (κ2) is 8.32. The van der Waals surface area contributed by atoms with Crippen molar-refractivity contribution in [2.75, 3.05) is 12.3 Å². The summed E-state index contributed by atoms with van der Waals surface area (Å²) >= 11 is 6.22. The molecule has 0 fully saturated rings. The molecule has 3 aromatic carbocycles. The molecule has 1 amide bonds. The van der Waals surface area contributed by atoms with E-state index in [0.717, 1.165) is 11.1 Å². The van der Waals surface area contributed by atoms with Gasteiger partial charge in [0.1, 0.15) is 16.9 Å². The monoisotopic (exact) mass is 441 g/mol. The molecule has 0 bridgehead atoms. The highest BCUT2D eigenvalue weighted by molar-refractivity contribution is 6.30. The number of amides is 1. The summed E-state index contributed by atoms with van der Waals surface area (Å²) < 4.78 is 1.73. The Balaban J connectivity index is 1.60. The van der Waals surface area contributed by atoms with E-state index in [1.54, 1.807) is 16.7 Å². The third kappa shape index (κ3) is 3.65. The number of nitrogens with two attached hydrogens (primary N) is 1. The normalized spacial score (nSPS) is 11.2. The maximum Gasteiger partial charge on any atom is 0.257 e. The van der Waals surface area contributed by atoms with E-state index in [2.05, 4.69) is 5.32 Å². The first-order valence-corrected chi connectivity index (χ1v) is 10.6. The number of halogens is 1. The lowest BCUT2D eigenvalue weighted by Crippen LogP contribution is -2.26. The summed E-state index contributed by atoms with van der Waals surface area (Å²) in [6, 6.07) is 24.8. The van der Waals surface area contributed by atoms with Gasteiger partial charge in [0.25, 0.3) is 5.91 Å². The zero-order valence-corrected chi connectivity index (χ0v) is 17.9. The van der Waals surface area contributed by atoms with Crippen molar-refractivity contribution < 1.29 is 4.79 Å². The maximum absolute atomic E-state index is 13.2. The molecule has 3 N–H and O–H groups in total. The highest BCUT2D eigenvalue weighted by atomic mass is 35.5. The first kappa shape index (κ1) is 20.0. The Morgan fingerprint density at radius 1 is 0.938 bits per heavy atom. The molecule has 0 aliphatic heterocycles. The summed E-state index contributed by atoms with van der Waals surface area (Å²) in [5.74, 6) is -0.0106. The summed E-state index contributed by atoms with van der Waals surface area (Å²) in [7, 11) is 0. The fourth-order valence-electron chi connectivity index (χ4n) is 3.82. The Kier molecular flexibility index (Phi) is 5.21. The Morgan fingerprint density at radius 3 is 2.41 bits per heavy atom. The SMILES string of the molecule is Nc1c(C(=O)NCCc2ccccc2)c2nc3ccccc3nc2n1-c1cccc(Cl)c1. The predicted molar refractivity (Wildman–Crippen MR) is 128 cm³/mol. The minimum absolute atomic E-state index is 0.273. The summed E-state index contributed by atoms with van der Waals surface area (Å²) in [6.45, 7) is 0.479. The van der Waals surface area contributed by atoms with Crippen molar-refractivity contribution in [3.63, 3.8) is 0 Å². The molecule has 0 aliphatic carbocycles. The van der Waals surface area contributed by atoms with Gasteiger partial charge in [0.2, 0.25) is 0 Å². The van der Waals surface area contributed by atoms with E-state index in [1.807, 2.05) is 66.7 Å². The van der Waals surface area contributed by atoms with Crippen LogP contribution >= 0.6 is 11.6 Å². The van der Waals surface area contributed by atoms with Gasteiger partial charge in [0.05, 0.1) is 16.7 Å². The fraction of sp³-hybridized carbons (Fsp3) is 0.0800. The minimum Gasteiger partial charge on any atom is -0.384 e. The molecule has 5 aromatic rings. The number of nitrogen functional groups attached to an aromatic ring is 1. The molecular weight excluding hydrogens is 422 g/mol. The largest absolute Gasteiger partial charge is 0.384 e. The molecule has 5 rings (SSSR count). The number of fused-ring (bicyclic) bond motifs is 2. The van der Waals surface area contributed by atoms with Gasteiger partial charge >= 0.3 is 0 Å². The minimum atomic E-state index is -0.284. The van der Waals surface area contributed by atoms with Crippen LogP contribution in [0.5, 0.6) is 0 Å². The average molecular weight is 442 g/mol. The molecule has 2 aromatic heterocycles. The fourth-order valence-corrected chi connectivity index (χ4v) is 4.00. The first-order chi connectivity index (χ1) is 15.6. The van der Waals surface area contributed by atoms with Gasteiger partial charge in [0, 0.05) is 11.6 Å². The number of hydrogen-bond acceptors (Lipinski definition) is 4. The molecule has 6 nitrogen and oxygen atoms in total. The highest BCUT2D eigenvalue weighted by Crippen LogP contribution is 2.31. The third-order valence-corrected chi connectivity index (χ3v) is 5.57. The van der Waals surface area contributed by atoms with Crippen molar-refractivity contribution in [1.29, 1.82) is 0 Å². The number of nitrogens with zero attached hydrogens (tertiary/aromatic N) is 3. The number of anilines is 1. The number of hydrogen-bond donors (Lipinski definition) is 2. The number of para-hydroxylation sites is 2. The van der Waals surface area contributed by atoms with Crippen LogP contribution in [-0.4, -0.2) is 27.0 Å². The predicted octanol–water partition coefficient (Wildman–Crippen LogP) is 4.78. The van der Waals surface area contributed by atoms with Crippen molar-refractivity contribution in [3.05, 3.63) is 95.0 Å². The number of nitrogens with one attached hydrogen (secondary N) is 1. The molecule has 2 heterocycles. The zero-order chi connectivity index (χ0) is 22.1. The van der Waals surface area contributed by atoms with E-state index in [9.17, 15) is 4.79 Å². The summed E-state index contributed by atoms with van der Waals surface area (Å²) in [6.07, 6.45) is 0.716. The summed E-state index contributed by atoms with van der Waals surface area (Å²) in [5.41, 5.74) is 11.1. The summed E-state index contributed by atoms with van der Waals surface area (Å²) in [4.78, 5) is 22.7. The van der Waals surface area contributed by atoms with Crippen molar-refractivity contribution in [2.45, 2.75) is 6.42 Å². The Morgan fingerprint density at radius 2 is 1.66 bits per heavy atom. The number of carbonyl (C=O) groups is 1. The Hall–Kier alpha value is -3.90. The first-order valence-electron chi connectivity index (χ1n) is 10.3. The van der Waals surface area contributed by atoms with Crippen LogP contribution in [0.25, 0.3) is 27.9 Å². The zero-order valence-electron chi connectivity index (χ0n) is 17.1. The molecule has 0 saturated heterocycles. The number of benzene rings is 3. The second-order valence-corrected chi connectivity index (χ2v) is 7.89. The average Bonchev–Trinajstić information content (AvgIpc) is 3.08. The molecule has 0 spiro atoms. The standard InChI is InChI=1S/C25H20ClN5O/c26-17-9-6-10-18(15-17)31-23(27)21(25(32)28-14-13-16-7-2-1-3-8-16)22-24(31)30-20-12-5-4-11-19(20)29-22/h1-12,15H,13-14,27H2,(H,28,32). The van der Waals surface area contributed by atoms with Gasteiger partial charge in [-0.25, -0.2) is 9.97 Å². The quantitative estimate of drug-likeness (QED) is 0.411. The second-order valence-electron chi connectivity index (χ2n) is 7.45. The van der Waals surface area contributed by atoms with Gasteiger partial charge in [-0.2, -0.15) is 0 Å². The molecule has 0 atom stereocenters. The van der Waals surface area contributed by atoms with Crippen LogP contribution in [0, 0.1) is 0 Å². The van der Waals surface area contributed by atoms with E-state index >= 15 is 0 Å². The molecule has 7 heteroatoms. The van der Waals surface area contributed by atoms with Gasteiger partial charge in [-0.1, -0.05) is 60.1 Å². The van der Waals surface area contributed by atoms with E-state index < -0.39 is 0 Å². The van der Waals surface area contributed by atoms with Crippen molar-refractivity contribution in [1.82, 2.24) is 19.9 Å². The third-order valence-electron chi connectivity index (χ3n) is 5.33. The molecule has 0 saturated carbocycles. The van der Waals surface area contributed by atoms with Gasteiger partial charge in [-0.05, 0) is 42.3 Å². The van der Waals surface area contributed by atoms with Crippen LogP contribution in [0.3, 0.4) is 0 Å². The van der Waals surface area contributed by atoms with Gasteiger partial charge in [-0.3, -0.25) is 9.36 Å². The van der Waals surface area contributed by atoms with Crippen molar-refractivity contribution >= 4 is 45.5 Å². The lowest BCUT2D eigenvalue weighted by atomic mass is 10.1. The molecule has 0 aliphatic rings. The van der Waals surface area contributed by atoms with Crippen LogP contribution in [0.4, 0.5) is 5.82 Å². The van der Waals surface area contributed by atoms with Crippen LogP contribution < -0.4 is 11.1 Å². The van der Waals surface area contributed by atoms with E-state index in [4.69, 9.17) is 27.3 Å². The van der Waals surface area contributed by atoms with Crippen molar-refractivity contribution in [3.8, 4) is 5.69 Å². The lowest BCUT2D eigenvalue weighted by Gasteiger charge is -2.09. The molecule has 0 radical (unpaired) electrons. The molecular formula is C25H20ClN5O. The molecule has 0 unspecified atom stereocenters. The van der Waals surface area contributed by atoms with Crippen LogP contribution in [0.2, 0.25) is 5.02 Å². The van der Waals surface area contributed by atoms with Gasteiger partial charge in [-0.15, -0.1) is 0 Å².